The number of amides is 1. The lowest BCUT2D eigenvalue weighted by Crippen LogP contribution is -2.15. The number of benzene rings is 1. The Morgan fingerprint density at radius 1 is 1.36 bits per heavy atom. The maximum absolute atomic E-state index is 12.5. The molecule has 5 nitrogen and oxygen atoms in total. The number of nitrogens with zero attached hydrogens (tertiary/aromatic N) is 3. The Balaban J connectivity index is 2.00. The highest BCUT2D eigenvalue weighted by Gasteiger charge is 2.17. The number of aromatic nitrogens is 2. The molecular weight excluding hydrogens is 300 g/mol. The molecule has 0 bridgehead atoms. The summed E-state index contributed by atoms with van der Waals surface area (Å²) >= 11 is 5.99. The lowest BCUT2D eigenvalue weighted by molar-refractivity contribution is 0.102. The topological polar surface area (TPSA) is 70.2 Å². The van der Waals surface area contributed by atoms with Gasteiger partial charge in [0.05, 0.1) is 22.3 Å². The first-order chi connectivity index (χ1) is 10.6. The number of hydrogen-bond acceptors (Lipinski definition) is 3. The van der Waals surface area contributed by atoms with Gasteiger partial charge in [0.15, 0.2) is 0 Å². The van der Waals surface area contributed by atoms with Crippen LogP contribution in [0.25, 0.3) is 5.65 Å². The zero-order valence-corrected chi connectivity index (χ0v) is 12.4. The molecule has 1 amide bonds. The summed E-state index contributed by atoms with van der Waals surface area (Å²) in [4.78, 5) is 16.9. The fraction of sp³-hybridized carbons (Fsp3) is 0.0625. The van der Waals surface area contributed by atoms with Gasteiger partial charge in [0, 0.05) is 11.9 Å². The van der Waals surface area contributed by atoms with Crippen LogP contribution in [0.4, 0.5) is 5.69 Å². The number of aryl methyl sites for hydroxylation is 1. The van der Waals surface area contributed by atoms with Crippen LogP contribution in [0.3, 0.4) is 0 Å². The Kier molecular flexibility index (Phi) is 3.53. The molecule has 0 spiro atoms. The monoisotopic (exact) mass is 310 g/mol. The standard InChI is InChI=1S/C16H11ClN4O/c1-10-15(21-9-12(17)5-6-14(21)19-10)16(22)20-13-4-2-3-11(7-13)8-18/h2-7,9H,1H3,(H,20,22). The lowest BCUT2D eigenvalue weighted by Gasteiger charge is -2.06. The average molecular weight is 311 g/mol. The summed E-state index contributed by atoms with van der Waals surface area (Å²) in [6.45, 7) is 1.77. The van der Waals surface area contributed by atoms with E-state index in [9.17, 15) is 4.79 Å². The van der Waals surface area contributed by atoms with Crippen molar-refractivity contribution in [1.82, 2.24) is 9.38 Å². The molecule has 3 rings (SSSR count). The second kappa shape index (κ2) is 5.51. The van der Waals surface area contributed by atoms with Gasteiger partial charge in [-0.3, -0.25) is 9.20 Å². The molecule has 108 valence electrons. The third-order valence-corrected chi connectivity index (χ3v) is 3.44. The van der Waals surface area contributed by atoms with Crippen LogP contribution in [0.2, 0.25) is 5.02 Å². The fourth-order valence-corrected chi connectivity index (χ4v) is 2.43. The second-order valence-electron chi connectivity index (χ2n) is 4.77. The van der Waals surface area contributed by atoms with E-state index < -0.39 is 0 Å². The van der Waals surface area contributed by atoms with Gasteiger partial charge in [-0.25, -0.2) is 4.98 Å². The van der Waals surface area contributed by atoms with E-state index in [1.165, 1.54) is 0 Å². The van der Waals surface area contributed by atoms with Crippen molar-refractivity contribution in [2.24, 2.45) is 0 Å². The number of imidazole rings is 1. The number of halogens is 1. The predicted octanol–water partition coefficient (Wildman–Crippen LogP) is 3.42. The van der Waals surface area contributed by atoms with E-state index in [-0.39, 0.29) is 5.91 Å². The highest BCUT2D eigenvalue weighted by atomic mass is 35.5. The van der Waals surface area contributed by atoms with E-state index in [2.05, 4.69) is 10.3 Å². The number of hydrogen-bond donors (Lipinski definition) is 1. The van der Waals surface area contributed by atoms with Crippen molar-refractivity contribution in [2.45, 2.75) is 6.92 Å². The van der Waals surface area contributed by atoms with E-state index in [4.69, 9.17) is 16.9 Å². The van der Waals surface area contributed by atoms with Gasteiger partial charge in [0.1, 0.15) is 11.3 Å². The van der Waals surface area contributed by atoms with Crippen LogP contribution in [-0.2, 0) is 0 Å². The van der Waals surface area contributed by atoms with Gasteiger partial charge in [-0.1, -0.05) is 17.7 Å². The molecule has 2 aromatic heterocycles. The quantitative estimate of drug-likeness (QED) is 0.788. The van der Waals surface area contributed by atoms with E-state index in [1.54, 1.807) is 53.9 Å². The molecule has 2 heterocycles. The van der Waals surface area contributed by atoms with Crippen LogP contribution in [-0.4, -0.2) is 15.3 Å². The van der Waals surface area contributed by atoms with Gasteiger partial charge in [-0.2, -0.15) is 5.26 Å². The molecule has 0 unspecified atom stereocenters. The molecule has 0 atom stereocenters. The number of carbonyl (C=O) groups is 1. The first kappa shape index (κ1) is 14.1. The van der Waals surface area contributed by atoms with Crippen molar-refractivity contribution in [3.63, 3.8) is 0 Å². The van der Waals surface area contributed by atoms with E-state index in [0.717, 1.165) is 0 Å². The average Bonchev–Trinajstić information content (AvgIpc) is 2.82. The number of rotatable bonds is 2. The molecule has 0 aliphatic carbocycles. The Labute approximate surface area is 131 Å². The summed E-state index contributed by atoms with van der Waals surface area (Å²) in [5.74, 6) is -0.303. The van der Waals surface area contributed by atoms with Crippen molar-refractivity contribution in [1.29, 1.82) is 5.26 Å². The highest BCUT2D eigenvalue weighted by molar-refractivity contribution is 6.30. The minimum Gasteiger partial charge on any atom is -0.321 e. The van der Waals surface area contributed by atoms with E-state index in [0.29, 0.717) is 33.3 Å². The van der Waals surface area contributed by atoms with Gasteiger partial charge >= 0.3 is 0 Å². The van der Waals surface area contributed by atoms with Crippen molar-refractivity contribution in [3.8, 4) is 6.07 Å². The number of carbonyl (C=O) groups excluding carboxylic acids is 1. The summed E-state index contributed by atoms with van der Waals surface area (Å²) in [5, 5.41) is 12.2. The Bertz CT molecular complexity index is 924. The molecule has 1 N–H and O–H groups in total. The Morgan fingerprint density at radius 2 is 2.18 bits per heavy atom. The minimum atomic E-state index is -0.303. The molecule has 1 aromatic carbocycles. The highest BCUT2D eigenvalue weighted by Crippen LogP contribution is 2.18. The molecule has 0 radical (unpaired) electrons. The smallest absolute Gasteiger partial charge is 0.274 e. The minimum absolute atomic E-state index is 0.303. The fourth-order valence-electron chi connectivity index (χ4n) is 2.27. The third-order valence-electron chi connectivity index (χ3n) is 3.22. The number of pyridine rings is 1. The predicted molar refractivity (Wildman–Crippen MR) is 84.0 cm³/mol. The molecular formula is C16H11ClN4O. The second-order valence-corrected chi connectivity index (χ2v) is 5.20. The van der Waals surface area contributed by atoms with Crippen molar-refractivity contribution >= 4 is 28.8 Å². The summed E-state index contributed by atoms with van der Waals surface area (Å²) < 4.78 is 1.65. The molecule has 0 saturated carbocycles. The van der Waals surface area contributed by atoms with E-state index >= 15 is 0 Å². The molecule has 0 aliphatic rings. The zero-order valence-electron chi connectivity index (χ0n) is 11.7. The third kappa shape index (κ3) is 2.52. The summed E-state index contributed by atoms with van der Waals surface area (Å²) in [6.07, 6.45) is 1.65. The van der Waals surface area contributed by atoms with E-state index in [1.807, 2.05) is 6.07 Å². The van der Waals surface area contributed by atoms with Crippen LogP contribution in [0.15, 0.2) is 42.6 Å². The van der Waals surface area contributed by atoms with Crippen LogP contribution in [0, 0.1) is 18.3 Å². The van der Waals surface area contributed by atoms with Crippen LogP contribution >= 0.6 is 11.6 Å². The van der Waals surface area contributed by atoms with Gasteiger partial charge in [-0.05, 0) is 37.3 Å². The molecule has 6 heteroatoms. The number of nitriles is 1. The number of nitrogens with one attached hydrogen (secondary N) is 1. The van der Waals surface area contributed by atoms with Gasteiger partial charge < -0.3 is 5.32 Å². The maximum atomic E-state index is 12.5. The summed E-state index contributed by atoms with van der Waals surface area (Å²) in [5.41, 5.74) is 2.71. The molecule has 22 heavy (non-hydrogen) atoms. The molecule has 3 aromatic rings. The lowest BCUT2D eigenvalue weighted by atomic mass is 10.2. The zero-order chi connectivity index (χ0) is 15.7. The largest absolute Gasteiger partial charge is 0.321 e. The molecule has 0 saturated heterocycles. The van der Waals surface area contributed by atoms with Crippen molar-refractivity contribution < 1.29 is 4.79 Å². The SMILES string of the molecule is Cc1nc2ccc(Cl)cn2c1C(=O)Nc1cccc(C#N)c1. The van der Waals surface area contributed by atoms with Gasteiger partial charge in [-0.15, -0.1) is 0 Å². The number of fused-ring (bicyclic) bond motifs is 1. The molecule has 0 fully saturated rings. The van der Waals surface area contributed by atoms with Crippen LogP contribution in [0.5, 0.6) is 0 Å². The van der Waals surface area contributed by atoms with Gasteiger partial charge in [0.2, 0.25) is 0 Å². The maximum Gasteiger partial charge on any atom is 0.274 e. The summed E-state index contributed by atoms with van der Waals surface area (Å²) in [6, 6.07) is 12.2. The summed E-state index contributed by atoms with van der Waals surface area (Å²) in [7, 11) is 0. The van der Waals surface area contributed by atoms with Crippen LogP contribution in [0.1, 0.15) is 21.7 Å². The Hall–Kier alpha value is -2.84. The van der Waals surface area contributed by atoms with Crippen LogP contribution < -0.4 is 5.32 Å². The Morgan fingerprint density at radius 3 is 2.95 bits per heavy atom. The van der Waals surface area contributed by atoms with Crippen molar-refractivity contribution in [2.75, 3.05) is 5.32 Å². The molecule has 0 aliphatic heterocycles. The normalized spacial score (nSPS) is 10.4. The van der Waals surface area contributed by atoms with Crippen molar-refractivity contribution in [3.05, 3.63) is 64.6 Å². The number of anilines is 1. The first-order valence-corrected chi connectivity index (χ1v) is 6.92. The first-order valence-electron chi connectivity index (χ1n) is 6.54. The van der Waals surface area contributed by atoms with Gasteiger partial charge in [0.25, 0.3) is 5.91 Å².